The summed E-state index contributed by atoms with van der Waals surface area (Å²) >= 11 is 5.83. The van der Waals surface area contributed by atoms with Crippen molar-refractivity contribution in [2.45, 2.75) is 6.42 Å². The third-order valence-electron chi connectivity index (χ3n) is 4.09. The second-order valence-corrected chi connectivity index (χ2v) is 6.30. The number of amides is 2. The van der Waals surface area contributed by atoms with Crippen molar-refractivity contribution in [1.82, 2.24) is 19.8 Å². The van der Waals surface area contributed by atoms with Gasteiger partial charge < -0.3 is 14.5 Å². The highest BCUT2D eigenvalue weighted by Crippen LogP contribution is 2.15. The van der Waals surface area contributed by atoms with Gasteiger partial charge in [0.05, 0.1) is 6.20 Å². The summed E-state index contributed by atoms with van der Waals surface area (Å²) in [6.45, 7) is 2.06. The largest absolute Gasteiger partial charge is 0.484 e. The van der Waals surface area contributed by atoms with Gasteiger partial charge in [0.25, 0.3) is 11.8 Å². The number of carbonyl (C=O) groups excluding carboxylic acids is 2. The zero-order chi connectivity index (χ0) is 18.4. The van der Waals surface area contributed by atoms with E-state index in [0.29, 0.717) is 49.1 Å². The van der Waals surface area contributed by atoms with Crippen LogP contribution in [-0.2, 0) is 4.79 Å². The number of aromatic nitrogens is 2. The van der Waals surface area contributed by atoms with Gasteiger partial charge in [-0.15, -0.1) is 0 Å². The molecule has 1 fully saturated rings. The van der Waals surface area contributed by atoms with Crippen LogP contribution in [0.3, 0.4) is 0 Å². The normalized spacial score (nSPS) is 14.7. The standard InChI is InChI=1S/C18H19ClN4O3/c19-14-2-4-15(5-3-14)26-13-17(24)22-8-1-9-23(11-10-22)18(25)16-12-20-6-7-21-16/h2-7,12H,1,8-11,13H2. The van der Waals surface area contributed by atoms with E-state index in [-0.39, 0.29) is 18.4 Å². The lowest BCUT2D eigenvalue weighted by molar-refractivity contribution is -0.133. The van der Waals surface area contributed by atoms with E-state index >= 15 is 0 Å². The smallest absolute Gasteiger partial charge is 0.274 e. The van der Waals surface area contributed by atoms with E-state index in [2.05, 4.69) is 9.97 Å². The zero-order valence-electron chi connectivity index (χ0n) is 14.2. The molecule has 1 saturated heterocycles. The van der Waals surface area contributed by atoms with Crippen molar-refractivity contribution < 1.29 is 14.3 Å². The predicted molar refractivity (Wildman–Crippen MR) is 96.1 cm³/mol. The third kappa shape index (κ3) is 4.70. The monoisotopic (exact) mass is 374 g/mol. The van der Waals surface area contributed by atoms with Crippen LogP contribution in [-0.4, -0.2) is 64.4 Å². The molecule has 0 unspecified atom stereocenters. The summed E-state index contributed by atoms with van der Waals surface area (Å²) in [5.74, 6) is 0.329. The van der Waals surface area contributed by atoms with Crippen LogP contribution in [0.1, 0.15) is 16.9 Å². The highest BCUT2D eigenvalue weighted by Gasteiger charge is 2.23. The van der Waals surface area contributed by atoms with Crippen LogP contribution in [0.4, 0.5) is 0 Å². The molecule has 0 radical (unpaired) electrons. The highest BCUT2D eigenvalue weighted by atomic mass is 35.5. The Kier molecular flexibility index (Phi) is 6.01. The molecule has 1 aromatic heterocycles. The van der Waals surface area contributed by atoms with Gasteiger partial charge in [-0.2, -0.15) is 0 Å². The minimum atomic E-state index is -0.162. The van der Waals surface area contributed by atoms with E-state index in [4.69, 9.17) is 16.3 Å². The van der Waals surface area contributed by atoms with E-state index in [9.17, 15) is 9.59 Å². The Morgan fingerprint density at radius 1 is 1.04 bits per heavy atom. The SMILES string of the molecule is O=C(COc1ccc(Cl)cc1)N1CCCN(C(=O)c2cnccn2)CC1. The van der Waals surface area contributed by atoms with Gasteiger partial charge in [-0.3, -0.25) is 14.6 Å². The number of hydrogen-bond donors (Lipinski definition) is 0. The average molecular weight is 375 g/mol. The highest BCUT2D eigenvalue weighted by molar-refractivity contribution is 6.30. The first kappa shape index (κ1) is 18.1. The van der Waals surface area contributed by atoms with Crippen LogP contribution >= 0.6 is 11.6 Å². The lowest BCUT2D eigenvalue weighted by Crippen LogP contribution is -2.39. The molecule has 2 heterocycles. The average Bonchev–Trinajstić information content (AvgIpc) is 2.94. The number of ether oxygens (including phenoxy) is 1. The van der Waals surface area contributed by atoms with Gasteiger partial charge in [0.2, 0.25) is 0 Å². The van der Waals surface area contributed by atoms with Gasteiger partial charge in [0, 0.05) is 43.6 Å². The fourth-order valence-electron chi connectivity index (χ4n) is 2.71. The summed E-state index contributed by atoms with van der Waals surface area (Å²) < 4.78 is 5.51. The Hall–Kier alpha value is -2.67. The molecule has 8 heteroatoms. The summed E-state index contributed by atoms with van der Waals surface area (Å²) in [4.78, 5) is 36.2. The lowest BCUT2D eigenvalue weighted by atomic mass is 10.3. The molecule has 0 N–H and O–H groups in total. The molecule has 0 saturated carbocycles. The molecule has 1 aromatic carbocycles. The minimum Gasteiger partial charge on any atom is -0.484 e. The van der Waals surface area contributed by atoms with Crippen molar-refractivity contribution in [2.24, 2.45) is 0 Å². The molecular formula is C18H19ClN4O3. The maximum absolute atomic E-state index is 12.5. The van der Waals surface area contributed by atoms with E-state index in [1.54, 1.807) is 34.1 Å². The first-order valence-corrected chi connectivity index (χ1v) is 8.73. The second-order valence-electron chi connectivity index (χ2n) is 5.86. The van der Waals surface area contributed by atoms with Crippen molar-refractivity contribution >= 4 is 23.4 Å². The molecule has 0 bridgehead atoms. The quantitative estimate of drug-likeness (QED) is 0.816. The number of halogens is 1. The summed E-state index contributed by atoms with van der Waals surface area (Å²) in [5.41, 5.74) is 0.318. The van der Waals surface area contributed by atoms with Crippen LogP contribution in [0.5, 0.6) is 5.75 Å². The summed E-state index contributed by atoms with van der Waals surface area (Å²) in [6, 6.07) is 6.87. The molecule has 3 rings (SSSR count). The molecule has 7 nitrogen and oxygen atoms in total. The Balaban J connectivity index is 1.52. The van der Waals surface area contributed by atoms with Crippen molar-refractivity contribution in [2.75, 3.05) is 32.8 Å². The second kappa shape index (κ2) is 8.62. The van der Waals surface area contributed by atoms with Gasteiger partial charge in [-0.25, -0.2) is 4.98 Å². The maximum Gasteiger partial charge on any atom is 0.274 e. The number of carbonyl (C=O) groups is 2. The Morgan fingerprint density at radius 2 is 1.77 bits per heavy atom. The van der Waals surface area contributed by atoms with Crippen LogP contribution in [0.15, 0.2) is 42.9 Å². The van der Waals surface area contributed by atoms with Crippen LogP contribution in [0, 0.1) is 0 Å². The van der Waals surface area contributed by atoms with Gasteiger partial charge in [0.1, 0.15) is 11.4 Å². The molecule has 0 aliphatic carbocycles. The molecule has 2 aromatic rings. The number of benzene rings is 1. The molecule has 136 valence electrons. The third-order valence-corrected chi connectivity index (χ3v) is 4.35. The van der Waals surface area contributed by atoms with E-state index in [1.165, 1.54) is 18.6 Å². The predicted octanol–water partition coefficient (Wildman–Crippen LogP) is 1.88. The molecule has 0 spiro atoms. The minimum absolute atomic E-state index is 0.0419. The Bertz CT molecular complexity index is 755. The molecule has 26 heavy (non-hydrogen) atoms. The van der Waals surface area contributed by atoms with E-state index < -0.39 is 0 Å². The number of rotatable bonds is 4. The molecule has 1 aliphatic rings. The molecule has 1 aliphatic heterocycles. The lowest BCUT2D eigenvalue weighted by Gasteiger charge is -2.22. The fraction of sp³-hybridized carbons (Fsp3) is 0.333. The number of hydrogen-bond acceptors (Lipinski definition) is 5. The van der Waals surface area contributed by atoms with Crippen LogP contribution in [0.25, 0.3) is 0 Å². The molecule has 0 atom stereocenters. The first-order valence-electron chi connectivity index (χ1n) is 8.35. The van der Waals surface area contributed by atoms with Crippen LogP contribution < -0.4 is 4.74 Å². The van der Waals surface area contributed by atoms with Crippen molar-refractivity contribution in [3.05, 3.63) is 53.6 Å². The van der Waals surface area contributed by atoms with Gasteiger partial charge in [-0.05, 0) is 30.7 Å². The van der Waals surface area contributed by atoms with Crippen molar-refractivity contribution in [3.63, 3.8) is 0 Å². The van der Waals surface area contributed by atoms with E-state index in [1.807, 2.05) is 0 Å². The van der Waals surface area contributed by atoms with Gasteiger partial charge in [0.15, 0.2) is 6.61 Å². The van der Waals surface area contributed by atoms with Gasteiger partial charge >= 0.3 is 0 Å². The summed E-state index contributed by atoms with van der Waals surface area (Å²) in [5, 5.41) is 0.615. The summed E-state index contributed by atoms with van der Waals surface area (Å²) in [7, 11) is 0. The summed E-state index contributed by atoms with van der Waals surface area (Å²) in [6.07, 6.45) is 5.18. The zero-order valence-corrected chi connectivity index (χ0v) is 14.9. The maximum atomic E-state index is 12.5. The Labute approximate surface area is 156 Å². The van der Waals surface area contributed by atoms with Gasteiger partial charge in [-0.1, -0.05) is 11.6 Å². The Morgan fingerprint density at radius 3 is 2.50 bits per heavy atom. The number of nitrogens with zero attached hydrogens (tertiary/aromatic N) is 4. The van der Waals surface area contributed by atoms with E-state index in [0.717, 1.165) is 0 Å². The van der Waals surface area contributed by atoms with Crippen molar-refractivity contribution in [3.8, 4) is 5.75 Å². The first-order chi connectivity index (χ1) is 12.6. The fourth-order valence-corrected chi connectivity index (χ4v) is 2.83. The molecule has 2 amide bonds. The topological polar surface area (TPSA) is 75.6 Å². The van der Waals surface area contributed by atoms with Crippen molar-refractivity contribution in [1.29, 1.82) is 0 Å². The van der Waals surface area contributed by atoms with Crippen LogP contribution in [0.2, 0.25) is 5.02 Å². The molecular weight excluding hydrogens is 356 g/mol.